The van der Waals surface area contributed by atoms with E-state index in [1.54, 1.807) is 23.7 Å². The SMILES string of the molecule is CCNC(CC)c1nnc(-c2cccc3nccnc23)s1. The molecule has 2 heterocycles. The Kier molecular flexibility index (Phi) is 4.17. The van der Waals surface area contributed by atoms with E-state index in [2.05, 4.69) is 39.3 Å². The van der Waals surface area contributed by atoms with Gasteiger partial charge in [0.2, 0.25) is 0 Å². The molecule has 0 bridgehead atoms. The van der Waals surface area contributed by atoms with E-state index in [9.17, 15) is 0 Å². The van der Waals surface area contributed by atoms with Gasteiger partial charge in [0, 0.05) is 18.0 Å². The summed E-state index contributed by atoms with van der Waals surface area (Å²) in [5.74, 6) is 0. The maximum atomic E-state index is 4.43. The quantitative estimate of drug-likeness (QED) is 0.783. The molecular weight excluding hydrogens is 282 g/mol. The van der Waals surface area contributed by atoms with Gasteiger partial charge in [-0.3, -0.25) is 9.97 Å². The normalized spacial score (nSPS) is 12.7. The first kappa shape index (κ1) is 14.0. The Labute approximate surface area is 127 Å². The molecule has 1 N–H and O–H groups in total. The summed E-state index contributed by atoms with van der Waals surface area (Å²) in [5, 5.41) is 14.0. The van der Waals surface area contributed by atoms with Gasteiger partial charge in [-0.2, -0.15) is 0 Å². The van der Waals surface area contributed by atoms with E-state index in [0.29, 0.717) is 0 Å². The van der Waals surface area contributed by atoms with Crippen LogP contribution in [0.15, 0.2) is 30.6 Å². The highest BCUT2D eigenvalue weighted by Gasteiger charge is 2.16. The lowest BCUT2D eigenvalue weighted by Gasteiger charge is -2.11. The van der Waals surface area contributed by atoms with Gasteiger partial charge in [0.05, 0.1) is 17.1 Å². The fourth-order valence-electron chi connectivity index (χ4n) is 2.30. The number of hydrogen-bond donors (Lipinski definition) is 1. The van der Waals surface area contributed by atoms with Crippen LogP contribution >= 0.6 is 11.3 Å². The Balaban J connectivity index is 2.02. The van der Waals surface area contributed by atoms with Crippen LogP contribution in [0.2, 0.25) is 0 Å². The summed E-state index contributed by atoms with van der Waals surface area (Å²) in [6, 6.07) is 6.23. The molecule has 0 aliphatic carbocycles. The van der Waals surface area contributed by atoms with Crippen molar-refractivity contribution in [1.82, 2.24) is 25.5 Å². The molecule has 0 aliphatic heterocycles. The number of nitrogens with one attached hydrogen (secondary N) is 1. The first-order valence-electron chi connectivity index (χ1n) is 7.10. The molecule has 3 aromatic rings. The van der Waals surface area contributed by atoms with E-state index < -0.39 is 0 Å². The van der Waals surface area contributed by atoms with Crippen LogP contribution < -0.4 is 5.32 Å². The van der Waals surface area contributed by atoms with Crippen molar-refractivity contribution in [3.63, 3.8) is 0 Å². The van der Waals surface area contributed by atoms with Crippen molar-refractivity contribution in [3.8, 4) is 10.6 Å². The maximum Gasteiger partial charge on any atom is 0.150 e. The number of fused-ring (bicyclic) bond motifs is 1. The molecule has 2 aromatic heterocycles. The van der Waals surface area contributed by atoms with Crippen LogP contribution in [-0.4, -0.2) is 26.7 Å². The summed E-state index contributed by atoms with van der Waals surface area (Å²) in [6.07, 6.45) is 4.41. The highest BCUT2D eigenvalue weighted by atomic mass is 32.1. The van der Waals surface area contributed by atoms with Crippen LogP contribution in [0, 0.1) is 0 Å². The van der Waals surface area contributed by atoms with E-state index >= 15 is 0 Å². The molecule has 21 heavy (non-hydrogen) atoms. The molecule has 0 saturated carbocycles. The Bertz CT molecular complexity index is 734. The van der Waals surface area contributed by atoms with Crippen LogP contribution in [-0.2, 0) is 0 Å². The van der Waals surface area contributed by atoms with Crippen molar-refractivity contribution < 1.29 is 0 Å². The lowest BCUT2D eigenvalue weighted by molar-refractivity contribution is 0.531. The zero-order chi connectivity index (χ0) is 14.7. The smallest absolute Gasteiger partial charge is 0.150 e. The third-order valence-corrected chi connectivity index (χ3v) is 4.40. The molecule has 0 amide bonds. The van der Waals surface area contributed by atoms with E-state index in [4.69, 9.17) is 0 Å². The molecule has 0 spiro atoms. The van der Waals surface area contributed by atoms with Gasteiger partial charge >= 0.3 is 0 Å². The van der Waals surface area contributed by atoms with Crippen LogP contribution in [0.4, 0.5) is 0 Å². The zero-order valence-electron chi connectivity index (χ0n) is 12.1. The molecule has 108 valence electrons. The molecule has 6 heteroatoms. The number of rotatable bonds is 5. The molecule has 1 aromatic carbocycles. The Morgan fingerprint density at radius 3 is 2.81 bits per heavy atom. The largest absolute Gasteiger partial charge is 0.308 e. The molecule has 0 aliphatic rings. The molecule has 0 saturated heterocycles. The summed E-state index contributed by atoms with van der Waals surface area (Å²) in [4.78, 5) is 8.77. The number of hydrogen-bond acceptors (Lipinski definition) is 6. The average Bonchev–Trinajstić information content (AvgIpc) is 3.01. The second-order valence-corrected chi connectivity index (χ2v) is 5.70. The minimum Gasteiger partial charge on any atom is -0.308 e. The van der Waals surface area contributed by atoms with Crippen molar-refractivity contribution in [3.05, 3.63) is 35.6 Å². The van der Waals surface area contributed by atoms with Gasteiger partial charge in [-0.25, -0.2) is 0 Å². The van der Waals surface area contributed by atoms with Crippen LogP contribution in [0.3, 0.4) is 0 Å². The number of para-hydroxylation sites is 1. The summed E-state index contributed by atoms with van der Waals surface area (Å²) in [5.41, 5.74) is 2.75. The van der Waals surface area contributed by atoms with Gasteiger partial charge in [-0.05, 0) is 25.1 Å². The van der Waals surface area contributed by atoms with Gasteiger partial charge in [0.15, 0.2) is 0 Å². The molecule has 1 unspecified atom stereocenters. The second-order valence-electron chi connectivity index (χ2n) is 4.69. The van der Waals surface area contributed by atoms with Crippen molar-refractivity contribution >= 4 is 22.4 Å². The molecular formula is C15H17N5S. The molecule has 0 radical (unpaired) electrons. The van der Waals surface area contributed by atoms with Crippen LogP contribution in [0.1, 0.15) is 31.3 Å². The van der Waals surface area contributed by atoms with Crippen LogP contribution in [0.5, 0.6) is 0 Å². The second kappa shape index (κ2) is 6.24. The molecule has 5 nitrogen and oxygen atoms in total. The summed E-state index contributed by atoms with van der Waals surface area (Å²) < 4.78 is 0. The van der Waals surface area contributed by atoms with Crippen molar-refractivity contribution in [1.29, 1.82) is 0 Å². The number of benzene rings is 1. The molecule has 3 rings (SSSR count). The van der Waals surface area contributed by atoms with E-state index in [0.717, 1.165) is 39.6 Å². The first-order chi connectivity index (χ1) is 10.3. The fourth-order valence-corrected chi connectivity index (χ4v) is 3.33. The highest BCUT2D eigenvalue weighted by Crippen LogP contribution is 2.31. The topological polar surface area (TPSA) is 63.6 Å². The van der Waals surface area contributed by atoms with E-state index in [1.807, 2.05) is 18.2 Å². The summed E-state index contributed by atoms with van der Waals surface area (Å²) in [7, 11) is 0. The predicted molar refractivity (Wildman–Crippen MR) is 85.1 cm³/mol. The third kappa shape index (κ3) is 2.77. The van der Waals surface area contributed by atoms with Gasteiger partial charge in [-0.15, -0.1) is 10.2 Å². The first-order valence-corrected chi connectivity index (χ1v) is 7.92. The monoisotopic (exact) mass is 299 g/mol. The average molecular weight is 299 g/mol. The minimum absolute atomic E-state index is 0.266. The predicted octanol–water partition coefficient (Wildman–Crippen LogP) is 3.21. The standard InChI is InChI=1S/C15H17N5S/c1-3-11(16-4-2)15-20-19-14(21-15)10-6-5-7-12-13(10)18-9-8-17-12/h5-9,11,16H,3-4H2,1-2H3. The zero-order valence-corrected chi connectivity index (χ0v) is 12.9. The van der Waals surface area contributed by atoms with Gasteiger partial charge in [0.1, 0.15) is 10.0 Å². The number of aromatic nitrogens is 4. The van der Waals surface area contributed by atoms with Crippen molar-refractivity contribution in [2.45, 2.75) is 26.3 Å². The molecule has 1 atom stereocenters. The van der Waals surface area contributed by atoms with Crippen molar-refractivity contribution in [2.75, 3.05) is 6.54 Å². The lowest BCUT2D eigenvalue weighted by atomic mass is 10.2. The Hall–Kier alpha value is -1.92. The van der Waals surface area contributed by atoms with Gasteiger partial charge in [0.25, 0.3) is 0 Å². The van der Waals surface area contributed by atoms with E-state index in [-0.39, 0.29) is 6.04 Å². The van der Waals surface area contributed by atoms with Gasteiger partial charge in [-0.1, -0.05) is 31.3 Å². The van der Waals surface area contributed by atoms with Crippen LogP contribution in [0.25, 0.3) is 21.6 Å². The lowest BCUT2D eigenvalue weighted by Crippen LogP contribution is -2.19. The van der Waals surface area contributed by atoms with E-state index in [1.165, 1.54) is 0 Å². The molecule has 0 fully saturated rings. The minimum atomic E-state index is 0.266. The van der Waals surface area contributed by atoms with Crippen molar-refractivity contribution in [2.24, 2.45) is 0 Å². The number of nitrogens with zero attached hydrogens (tertiary/aromatic N) is 4. The fraction of sp³-hybridized carbons (Fsp3) is 0.333. The Morgan fingerprint density at radius 1 is 1.14 bits per heavy atom. The summed E-state index contributed by atoms with van der Waals surface area (Å²) in [6.45, 7) is 5.18. The highest BCUT2D eigenvalue weighted by molar-refractivity contribution is 7.14. The maximum absolute atomic E-state index is 4.43. The Morgan fingerprint density at radius 2 is 2.00 bits per heavy atom. The van der Waals surface area contributed by atoms with Gasteiger partial charge < -0.3 is 5.32 Å². The third-order valence-electron chi connectivity index (χ3n) is 3.33. The summed E-state index contributed by atoms with van der Waals surface area (Å²) >= 11 is 1.62.